The van der Waals surface area contributed by atoms with Gasteiger partial charge >= 0.3 is 5.97 Å². The molecule has 0 radical (unpaired) electrons. The molecule has 1 N–H and O–H groups in total. The summed E-state index contributed by atoms with van der Waals surface area (Å²) in [7, 11) is 0. The van der Waals surface area contributed by atoms with Gasteiger partial charge in [-0.2, -0.15) is 0 Å². The molecule has 0 spiro atoms. The van der Waals surface area contributed by atoms with Crippen LogP contribution in [0.5, 0.6) is 0 Å². The lowest BCUT2D eigenvalue weighted by Crippen LogP contribution is -2.06. The molecular weight excluding hydrogens is 236 g/mol. The van der Waals surface area contributed by atoms with Crippen molar-refractivity contribution in [1.82, 2.24) is 0 Å². The van der Waals surface area contributed by atoms with E-state index in [2.05, 4.69) is 19.1 Å². The number of carbonyl (C=O) groups is 1. The van der Waals surface area contributed by atoms with Gasteiger partial charge in [0.05, 0.1) is 5.56 Å². The molecule has 2 aromatic rings. The first-order valence-electron chi connectivity index (χ1n) is 6.94. The van der Waals surface area contributed by atoms with Crippen LogP contribution < -0.4 is 0 Å². The Morgan fingerprint density at radius 2 is 1.84 bits per heavy atom. The van der Waals surface area contributed by atoms with Crippen molar-refractivity contribution in [3.63, 3.8) is 0 Å². The summed E-state index contributed by atoms with van der Waals surface area (Å²) in [6.45, 7) is 2.08. The van der Waals surface area contributed by atoms with E-state index in [-0.39, 0.29) is 0 Å². The molecule has 1 saturated carbocycles. The minimum Gasteiger partial charge on any atom is -0.478 e. The smallest absolute Gasteiger partial charge is 0.335 e. The van der Waals surface area contributed by atoms with Crippen molar-refractivity contribution < 1.29 is 9.90 Å². The summed E-state index contributed by atoms with van der Waals surface area (Å²) in [5.41, 5.74) is 2.77. The number of benzene rings is 2. The van der Waals surface area contributed by atoms with Gasteiger partial charge in [-0.25, -0.2) is 4.79 Å². The second-order valence-electron chi connectivity index (χ2n) is 5.48. The van der Waals surface area contributed by atoms with Gasteiger partial charge in [-0.15, -0.1) is 0 Å². The van der Waals surface area contributed by atoms with E-state index in [1.165, 1.54) is 23.8 Å². The van der Waals surface area contributed by atoms with E-state index in [1.807, 2.05) is 12.1 Å². The molecule has 0 unspecified atom stereocenters. The molecule has 2 heteroatoms. The first kappa shape index (κ1) is 12.2. The van der Waals surface area contributed by atoms with E-state index in [9.17, 15) is 9.90 Å². The molecular formula is C17H18O2. The number of aromatic carboxylic acids is 1. The molecule has 19 heavy (non-hydrogen) atoms. The second-order valence-corrected chi connectivity index (χ2v) is 5.48. The van der Waals surface area contributed by atoms with Gasteiger partial charge in [0.2, 0.25) is 0 Å². The standard InChI is InChI=1S/C17H18O2/c1-11-5-4-8-14-13(11)9-10-15(17(18)19)16(14)12-6-2-3-7-12/h4-5,8-10,12H,2-3,6-7H2,1H3,(H,18,19). The van der Waals surface area contributed by atoms with Gasteiger partial charge in [0, 0.05) is 0 Å². The summed E-state index contributed by atoms with van der Waals surface area (Å²) < 4.78 is 0. The molecule has 0 saturated heterocycles. The molecule has 0 aromatic heterocycles. The van der Waals surface area contributed by atoms with Gasteiger partial charge < -0.3 is 5.11 Å². The molecule has 1 fully saturated rings. The highest BCUT2D eigenvalue weighted by molar-refractivity contribution is 5.99. The van der Waals surface area contributed by atoms with E-state index in [0.29, 0.717) is 11.5 Å². The zero-order valence-corrected chi connectivity index (χ0v) is 11.1. The maximum atomic E-state index is 11.5. The fourth-order valence-corrected chi connectivity index (χ4v) is 3.38. The number of hydrogen-bond donors (Lipinski definition) is 1. The van der Waals surface area contributed by atoms with E-state index in [0.717, 1.165) is 23.8 Å². The van der Waals surface area contributed by atoms with Crippen LogP contribution in [0.15, 0.2) is 30.3 Å². The zero-order chi connectivity index (χ0) is 13.4. The average molecular weight is 254 g/mol. The van der Waals surface area contributed by atoms with Gasteiger partial charge in [-0.3, -0.25) is 0 Å². The van der Waals surface area contributed by atoms with Crippen molar-refractivity contribution in [2.45, 2.75) is 38.5 Å². The molecule has 2 aromatic carbocycles. The Balaban J connectivity index is 2.31. The van der Waals surface area contributed by atoms with Crippen molar-refractivity contribution in [3.8, 4) is 0 Å². The number of carboxylic acids is 1. The SMILES string of the molecule is Cc1cccc2c(C3CCCC3)c(C(=O)O)ccc12. The quantitative estimate of drug-likeness (QED) is 0.856. The third-order valence-electron chi connectivity index (χ3n) is 4.31. The second kappa shape index (κ2) is 4.69. The number of fused-ring (bicyclic) bond motifs is 1. The predicted octanol–water partition coefficient (Wildman–Crippen LogP) is 4.50. The van der Waals surface area contributed by atoms with Crippen LogP contribution in [-0.4, -0.2) is 11.1 Å². The highest BCUT2D eigenvalue weighted by atomic mass is 16.4. The number of aryl methyl sites for hydroxylation is 1. The van der Waals surface area contributed by atoms with Crippen LogP contribution in [0.1, 0.15) is 53.1 Å². The summed E-state index contributed by atoms with van der Waals surface area (Å²) in [4.78, 5) is 11.5. The van der Waals surface area contributed by atoms with Crippen molar-refractivity contribution in [2.24, 2.45) is 0 Å². The molecule has 0 aliphatic heterocycles. The van der Waals surface area contributed by atoms with Crippen LogP contribution in [0.25, 0.3) is 10.8 Å². The Morgan fingerprint density at radius 3 is 2.53 bits per heavy atom. The van der Waals surface area contributed by atoms with E-state index in [4.69, 9.17) is 0 Å². The van der Waals surface area contributed by atoms with Crippen molar-refractivity contribution in [3.05, 3.63) is 47.0 Å². The largest absolute Gasteiger partial charge is 0.478 e. The third-order valence-corrected chi connectivity index (χ3v) is 4.31. The molecule has 0 atom stereocenters. The lowest BCUT2D eigenvalue weighted by atomic mass is 9.87. The fraction of sp³-hybridized carbons (Fsp3) is 0.353. The number of rotatable bonds is 2. The summed E-state index contributed by atoms with van der Waals surface area (Å²) in [6.07, 6.45) is 4.67. The summed E-state index contributed by atoms with van der Waals surface area (Å²) in [6, 6.07) is 9.92. The van der Waals surface area contributed by atoms with Crippen LogP contribution in [0.4, 0.5) is 0 Å². The minimum absolute atomic E-state index is 0.414. The Hall–Kier alpha value is -1.83. The van der Waals surface area contributed by atoms with Crippen LogP contribution in [0.3, 0.4) is 0 Å². The van der Waals surface area contributed by atoms with Crippen LogP contribution in [-0.2, 0) is 0 Å². The first-order valence-corrected chi connectivity index (χ1v) is 6.94. The predicted molar refractivity (Wildman–Crippen MR) is 76.9 cm³/mol. The molecule has 1 aliphatic rings. The lowest BCUT2D eigenvalue weighted by molar-refractivity contribution is 0.0695. The first-order chi connectivity index (χ1) is 9.18. The highest BCUT2D eigenvalue weighted by Crippen LogP contribution is 2.40. The monoisotopic (exact) mass is 254 g/mol. The normalized spacial score (nSPS) is 16.1. The summed E-state index contributed by atoms with van der Waals surface area (Å²) in [5.74, 6) is -0.387. The fourth-order valence-electron chi connectivity index (χ4n) is 3.38. The van der Waals surface area contributed by atoms with Gasteiger partial charge in [0.15, 0.2) is 0 Å². The average Bonchev–Trinajstić information content (AvgIpc) is 2.91. The van der Waals surface area contributed by atoms with Crippen LogP contribution >= 0.6 is 0 Å². The Morgan fingerprint density at radius 1 is 1.11 bits per heavy atom. The van der Waals surface area contributed by atoms with Crippen molar-refractivity contribution in [1.29, 1.82) is 0 Å². The van der Waals surface area contributed by atoms with E-state index in [1.54, 1.807) is 6.07 Å². The molecule has 0 bridgehead atoms. The van der Waals surface area contributed by atoms with Gasteiger partial charge in [0.1, 0.15) is 0 Å². The van der Waals surface area contributed by atoms with Gasteiger partial charge in [-0.05, 0) is 53.6 Å². The lowest BCUT2D eigenvalue weighted by Gasteiger charge is -2.17. The maximum absolute atomic E-state index is 11.5. The zero-order valence-electron chi connectivity index (χ0n) is 11.1. The molecule has 1 aliphatic carbocycles. The highest BCUT2D eigenvalue weighted by Gasteiger charge is 2.24. The van der Waals surface area contributed by atoms with E-state index >= 15 is 0 Å². The molecule has 0 heterocycles. The van der Waals surface area contributed by atoms with Gasteiger partial charge in [-0.1, -0.05) is 37.1 Å². The number of hydrogen-bond acceptors (Lipinski definition) is 1. The van der Waals surface area contributed by atoms with Crippen molar-refractivity contribution in [2.75, 3.05) is 0 Å². The van der Waals surface area contributed by atoms with Crippen LogP contribution in [0.2, 0.25) is 0 Å². The van der Waals surface area contributed by atoms with E-state index < -0.39 is 5.97 Å². The Kier molecular flexibility index (Phi) is 3.02. The molecule has 2 nitrogen and oxygen atoms in total. The van der Waals surface area contributed by atoms with Crippen LogP contribution in [0, 0.1) is 6.92 Å². The molecule has 0 amide bonds. The maximum Gasteiger partial charge on any atom is 0.335 e. The third kappa shape index (κ3) is 2.01. The van der Waals surface area contributed by atoms with Gasteiger partial charge in [0.25, 0.3) is 0 Å². The summed E-state index contributed by atoms with van der Waals surface area (Å²) in [5, 5.41) is 11.8. The Labute approximate surface area is 113 Å². The topological polar surface area (TPSA) is 37.3 Å². The van der Waals surface area contributed by atoms with Crippen molar-refractivity contribution >= 4 is 16.7 Å². The molecule has 3 rings (SSSR count). The Bertz CT molecular complexity index is 637. The minimum atomic E-state index is -0.801. The summed E-state index contributed by atoms with van der Waals surface area (Å²) >= 11 is 0. The number of carboxylic acid groups (broad SMARTS) is 1. The molecule has 98 valence electrons.